The van der Waals surface area contributed by atoms with Gasteiger partial charge in [-0.05, 0) is 30.7 Å². The molecule has 0 atom stereocenters. The zero-order chi connectivity index (χ0) is 15.2. The lowest BCUT2D eigenvalue weighted by Crippen LogP contribution is -2.19. The number of nitrogens with one attached hydrogen (secondary N) is 1. The van der Waals surface area contributed by atoms with Crippen LogP contribution >= 0.6 is 0 Å². The smallest absolute Gasteiger partial charge is 0.250 e. The Hall–Kier alpha value is -2.63. The number of nitrogens with two attached hydrogens (primary N) is 1. The minimum atomic E-state index is -0.450. The molecule has 0 unspecified atom stereocenters. The van der Waals surface area contributed by atoms with Crippen LogP contribution < -0.4 is 16.6 Å². The minimum Gasteiger partial charge on any atom is -0.397 e. The highest BCUT2D eigenvalue weighted by Crippen LogP contribution is 2.19. The van der Waals surface area contributed by atoms with Crippen LogP contribution in [-0.4, -0.2) is 10.5 Å². The summed E-state index contributed by atoms with van der Waals surface area (Å²) in [6, 6.07) is 8.71. The van der Waals surface area contributed by atoms with Gasteiger partial charge in [0.1, 0.15) is 5.82 Å². The molecule has 2 aromatic rings. The molecule has 1 heterocycles. The van der Waals surface area contributed by atoms with Crippen LogP contribution in [-0.2, 0) is 11.3 Å². The van der Waals surface area contributed by atoms with E-state index >= 15 is 0 Å². The van der Waals surface area contributed by atoms with Crippen molar-refractivity contribution in [2.75, 3.05) is 11.1 Å². The maximum Gasteiger partial charge on any atom is 0.250 e. The number of benzene rings is 1. The number of anilines is 2. The van der Waals surface area contributed by atoms with Crippen molar-refractivity contribution in [2.24, 2.45) is 0 Å². The van der Waals surface area contributed by atoms with Crippen molar-refractivity contribution in [2.45, 2.75) is 19.4 Å². The number of hydrogen-bond donors (Lipinski definition) is 2. The molecule has 1 aromatic heterocycles. The zero-order valence-corrected chi connectivity index (χ0v) is 11.4. The lowest BCUT2D eigenvalue weighted by Gasteiger charge is -2.08. The Morgan fingerprint density at radius 1 is 1.29 bits per heavy atom. The van der Waals surface area contributed by atoms with Crippen LogP contribution in [0.15, 0.2) is 47.4 Å². The first-order valence-corrected chi connectivity index (χ1v) is 6.56. The lowest BCUT2D eigenvalue weighted by molar-refractivity contribution is -0.116. The van der Waals surface area contributed by atoms with Crippen molar-refractivity contribution in [1.29, 1.82) is 0 Å². The van der Waals surface area contributed by atoms with Crippen molar-refractivity contribution < 1.29 is 9.18 Å². The molecule has 0 radical (unpaired) electrons. The van der Waals surface area contributed by atoms with Crippen molar-refractivity contribution in [3.8, 4) is 0 Å². The summed E-state index contributed by atoms with van der Waals surface area (Å²) in [7, 11) is 0. The molecule has 6 heteroatoms. The molecule has 5 nitrogen and oxygen atoms in total. The van der Waals surface area contributed by atoms with Gasteiger partial charge in [0.25, 0.3) is 0 Å². The molecule has 0 fully saturated rings. The van der Waals surface area contributed by atoms with Gasteiger partial charge in [0.15, 0.2) is 0 Å². The average molecular weight is 289 g/mol. The SMILES string of the molecule is Nc1cc(F)ccc1NC(=O)CCCn1ccccc1=O. The fraction of sp³-hybridized carbons (Fsp3) is 0.200. The van der Waals surface area contributed by atoms with E-state index in [0.29, 0.717) is 18.7 Å². The molecule has 21 heavy (non-hydrogen) atoms. The van der Waals surface area contributed by atoms with E-state index in [2.05, 4.69) is 5.32 Å². The second-order valence-electron chi connectivity index (χ2n) is 4.62. The van der Waals surface area contributed by atoms with Crippen LogP contribution in [0.3, 0.4) is 0 Å². The van der Waals surface area contributed by atoms with Crippen LogP contribution in [0.5, 0.6) is 0 Å². The molecule has 0 aliphatic carbocycles. The molecule has 1 amide bonds. The molecule has 0 bridgehead atoms. The third-order valence-electron chi connectivity index (χ3n) is 2.99. The molecule has 1 aromatic carbocycles. The Morgan fingerprint density at radius 2 is 2.10 bits per heavy atom. The van der Waals surface area contributed by atoms with E-state index in [1.54, 1.807) is 22.9 Å². The Balaban J connectivity index is 1.85. The largest absolute Gasteiger partial charge is 0.397 e. The first-order valence-electron chi connectivity index (χ1n) is 6.56. The molecule has 0 saturated heterocycles. The summed E-state index contributed by atoms with van der Waals surface area (Å²) in [5, 5.41) is 2.62. The number of halogens is 1. The Kier molecular flexibility index (Phi) is 4.71. The highest BCUT2D eigenvalue weighted by molar-refractivity contribution is 5.93. The first-order chi connectivity index (χ1) is 10.1. The number of rotatable bonds is 5. The van der Waals surface area contributed by atoms with E-state index in [9.17, 15) is 14.0 Å². The third-order valence-corrected chi connectivity index (χ3v) is 2.99. The number of amides is 1. The number of pyridine rings is 1. The highest BCUT2D eigenvalue weighted by atomic mass is 19.1. The lowest BCUT2D eigenvalue weighted by atomic mass is 10.2. The van der Waals surface area contributed by atoms with E-state index < -0.39 is 5.82 Å². The van der Waals surface area contributed by atoms with Crippen LogP contribution in [0.25, 0.3) is 0 Å². The van der Waals surface area contributed by atoms with Crippen molar-refractivity contribution in [3.63, 3.8) is 0 Å². The van der Waals surface area contributed by atoms with Gasteiger partial charge in [0.05, 0.1) is 11.4 Å². The van der Waals surface area contributed by atoms with Crippen molar-refractivity contribution in [1.82, 2.24) is 4.57 Å². The summed E-state index contributed by atoms with van der Waals surface area (Å²) < 4.78 is 14.4. The molecule has 0 aliphatic heterocycles. The number of nitrogen functional groups attached to an aromatic ring is 1. The Morgan fingerprint density at radius 3 is 2.81 bits per heavy atom. The summed E-state index contributed by atoms with van der Waals surface area (Å²) in [4.78, 5) is 23.2. The minimum absolute atomic E-state index is 0.0966. The predicted molar refractivity (Wildman–Crippen MR) is 79.4 cm³/mol. The van der Waals surface area contributed by atoms with E-state index in [1.807, 2.05) is 0 Å². The standard InChI is InChI=1S/C15H16FN3O2/c16-11-6-7-13(12(17)10-11)18-14(20)4-3-9-19-8-2-1-5-15(19)21/h1-2,5-8,10H,3-4,9,17H2,(H,18,20). The molecular weight excluding hydrogens is 273 g/mol. The van der Waals surface area contributed by atoms with Crippen molar-refractivity contribution in [3.05, 3.63) is 58.8 Å². The molecule has 0 saturated carbocycles. The van der Waals surface area contributed by atoms with E-state index in [0.717, 1.165) is 6.07 Å². The molecule has 2 rings (SSSR count). The number of aromatic nitrogens is 1. The van der Waals surface area contributed by atoms with Gasteiger partial charge in [-0.15, -0.1) is 0 Å². The van der Waals surface area contributed by atoms with Gasteiger partial charge in [-0.2, -0.15) is 0 Å². The third kappa shape index (κ3) is 4.17. The second kappa shape index (κ2) is 6.69. The van der Waals surface area contributed by atoms with E-state index in [4.69, 9.17) is 5.73 Å². The summed E-state index contributed by atoms with van der Waals surface area (Å²) in [5.41, 5.74) is 6.08. The monoisotopic (exact) mass is 289 g/mol. The molecule has 0 spiro atoms. The summed E-state index contributed by atoms with van der Waals surface area (Å²) in [6.45, 7) is 0.464. The molecule has 3 N–H and O–H groups in total. The molecule has 0 aliphatic rings. The fourth-order valence-corrected chi connectivity index (χ4v) is 1.92. The second-order valence-corrected chi connectivity index (χ2v) is 4.62. The Labute approximate surface area is 121 Å². The van der Waals surface area contributed by atoms with E-state index in [1.165, 1.54) is 18.2 Å². The van der Waals surface area contributed by atoms with Gasteiger partial charge in [-0.3, -0.25) is 9.59 Å². The van der Waals surface area contributed by atoms with Crippen LogP contribution in [0, 0.1) is 5.82 Å². The summed E-state index contributed by atoms with van der Waals surface area (Å²) in [5.74, 6) is -0.675. The Bertz CT molecular complexity index is 697. The van der Waals surface area contributed by atoms with Crippen LogP contribution in [0.4, 0.5) is 15.8 Å². The predicted octanol–water partition coefficient (Wildman–Crippen LogP) is 1.99. The average Bonchev–Trinajstić information content (AvgIpc) is 2.44. The zero-order valence-electron chi connectivity index (χ0n) is 11.4. The summed E-state index contributed by atoms with van der Waals surface area (Å²) >= 11 is 0. The van der Waals surface area contributed by atoms with Gasteiger partial charge in [-0.25, -0.2) is 4.39 Å². The summed E-state index contributed by atoms with van der Waals surface area (Å²) in [6.07, 6.45) is 2.45. The van der Waals surface area contributed by atoms with Gasteiger partial charge in [-0.1, -0.05) is 6.07 Å². The highest BCUT2D eigenvalue weighted by Gasteiger charge is 2.06. The molecular formula is C15H16FN3O2. The topological polar surface area (TPSA) is 77.1 Å². The number of nitrogens with zero attached hydrogens (tertiary/aromatic N) is 1. The number of hydrogen-bond acceptors (Lipinski definition) is 3. The quantitative estimate of drug-likeness (QED) is 0.826. The molecule has 110 valence electrons. The number of aryl methyl sites for hydroxylation is 1. The van der Waals surface area contributed by atoms with Crippen LogP contribution in [0.2, 0.25) is 0 Å². The van der Waals surface area contributed by atoms with Gasteiger partial charge in [0, 0.05) is 25.2 Å². The number of carbonyl (C=O) groups excluding carboxylic acids is 1. The first kappa shape index (κ1) is 14.8. The fourth-order valence-electron chi connectivity index (χ4n) is 1.92. The number of carbonyl (C=O) groups is 1. The normalized spacial score (nSPS) is 10.3. The van der Waals surface area contributed by atoms with Gasteiger partial charge in [0.2, 0.25) is 11.5 Å². The van der Waals surface area contributed by atoms with Crippen LogP contribution in [0.1, 0.15) is 12.8 Å². The maximum atomic E-state index is 12.9. The maximum absolute atomic E-state index is 12.9. The van der Waals surface area contributed by atoms with Crippen molar-refractivity contribution >= 4 is 17.3 Å². The van der Waals surface area contributed by atoms with Gasteiger partial charge < -0.3 is 15.6 Å². The van der Waals surface area contributed by atoms with Gasteiger partial charge >= 0.3 is 0 Å². The van der Waals surface area contributed by atoms with E-state index in [-0.39, 0.29) is 23.6 Å².